The first-order chi connectivity index (χ1) is 12.2. The molecule has 0 saturated carbocycles. The van der Waals surface area contributed by atoms with Gasteiger partial charge in [-0.2, -0.15) is 0 Å². The summed E-state index contributed by atoms with van der Waals surface area (Å²) in [4.78, 5) is 25.9. The Balaban J connectivity index is 2.00. The summed E-state index contributed by atoms with van der Waals surface area (Å²) in [5, 5.41) is 0. The van der Waals surface area contributed by atoms with Crippen molar-refractivity contribution in [2.45, 2.75) is 46.3 Å². The Labute approximate surface area is 154 Å². The summed E-state index contributed by atoms with van der Waals surface area (Å²) < 4.78 is 10.9. The summed E-state index contributed by atoms with van der Waals surface area (Å²) in [6.07, 6.45) is 0.490. The van der Waals surface area contributed by atoms with Crippen molar-refractivity contribution in [3.05, 3.63) is 70.8 Å². The normalized spacial score (nSPS) is 18.2. The maximum atomic E-state index is 13.0. The fourth-order valence-corrected chi connectivity index (χ4v) is 3.21. The molecule has 0 bridgehead atoms. The quantitative estimate of drug-likeness (QED) is 0.618. The summed E-state index contributed by atoms with van der Waals surface area (Å²) in [6.45, 7) is 7.14. The average molecular weight is 352 g/mol. The molecule has 0 aliphatic carbocycles. The highest BCUT2D eigenvalue weighted by atomic mass is 16.7. The van der Waals surface area contributed by atoms with E-state index in [4.69, 9.17) is 9.47 Å². The van der Waals surface area contributed by atoms with Gasteiger partial charge in [0, 0.05) is 13.8 Å². The van der Waals surface area contributed by atoms with Gasteiger partial charge in [-0.25, -0.2) is 0 Å². The van der Waals surface area contributed by atoms with Crippen molar-refractivity contribution < 1.29 is 19.1 Å². The van der Waals surface area contributed by atoms with Crippen LogP contribution in [-0.4, -0.2) is 17.7 Å². The number of esters is 2. The molecule has 1 heterocycles. The van der Waals surface area contributed by atoms with Crippen molar-refractivity contribution in [3.63, 3.8) is 0 Å². The van der Waals surface area contributed by atoms with Crippen LogP contribution in [0.2, 0.25) is 0 Å². The number of hydrogen-bond acceptors (Lipinski definition) is 4. The second-order valence-corrected chi connectivity index (χ2v) is 7.59. The number of cyclic esters (lactones) is 2. The van der Waals surface area contributed by atoms with Crippen molar-refractivity contribution >= 4 is 11.9 Å². The number of hydrogen-bond donors (Lipinski definition) is 0. The van der Waals surface area contributed by atoms with Crippen LogP contribution < -0.4 is 0 Å². The van der Waals surface area contributed by atoms with E-state index in [0.717, 1.165) is 22.3 Å². The van der Waals surface area contributed by atoms with Crippen molar-refractivity contribution in [1.29, 1.82) is 0 Å². The Morgan fingerprint density at radius 2 is 1.04 bits per heavy atom. The molecule has 0 spiro atoms. The lowest BCUT2D eigenvalue weighted by Crippen LogP contribution is -2.56. The highest BCUT2D eigenvalue weighted by molar-refractivity contribution is 6.02. The van der Waals surface area contributed by atoms with Crippen LogP contribution in [0.25, 0.3) is 0 Å². The van der Waals surface area contributed by atoms with E-state index < -0.39 is 23.1 Å². The van der Waals surface area contributed by atoms with E-state index in [0.29, 0.717) is 0 Å². The Hall–Kier alpha value is -2.62. The van der Waals surface area contributed by atoms with E-state index in [-0.39, 0.29) is 12.8 Å². The van der Waals surface area contributed by atoms with Gasteiger partial charge in [0.15, 0.2) is 5.41 Å². The molecule has 0 aromatic heterocycles. The van der Waals surface area contributed by atoms with Gasteiger partial charge in [-0.3, -0.25) is 9.59 Å². The van der Waals surface area contributed by atoms with Crippen molar-refractivity contribution in [2.24, 2.45) is 5.41 Å². The predicted octanol–water partition coefficient (Wildman–Crippen LogP) is 3.91. The zero-order chi connectivity index (χ0) is 18.9. The maximum Gasteiger partial charge on any atom is 0.327 e. The van der Waals surface area contributed by atoms with E-state index >= 15 is 0 Å². The van der Waals surface area contributed by atoms with Crippen LogP contribution in [0.1, 0.15) is 36.1 Å². The minimum Gasteiger partial charge on any atom is -0.422 e. The van der Waals surface area contributed by atoms with Gasteiger partial charge in [-0.15, -0.1) is 0 Å². The van der Waals surface area contributed by atoms with Crippen LogP contribution in [0.3, 0.4) is 0 Å². The summed E-state index contributed by atoms with van der Waals surface area (Å²) in [6, 6.07) is 15.6. The molecule has 3 rings (SSSR count). The smallest absolute Gasteiger partial charge is 0.327 e. The molecule has 1 aliphatic rings. The van der Waals surface area contributed by atoms with Crippen molar-refractivity contribution in [2.75, 3.05) is 0 Å². The fraction of sp³-hybridized carbons (Fsp3) is 0.364. The second kappa shape index (κ2) is 6.60. The molecule has 0 N–H and O–H groups in total. The van der Waals surface area contributed by atoms with Crippen LogP contribution in [0.5, 0.6) is 0 Å². The van der Waals surface area contributed by atoms with E-state index in [9.17, 15) is 9.59 Å². The zero-order valence-electron chi connectivity index (χ0n) is 15.7. The molecular formula is C22H24O4. The zero-order valence-corrected chi connectivity index (χ0v) is 15.7. The Bertz CT molecular complexity index is 747. The van der Waals surface area contributed by atoms with Gasteiger partial charge in [-0.1, -0.05) is 59.7 Å². The minimum atomic E-state index is -1.37. The lowest BCUT2D eigenvalue weighted by molar-refractivity contribution is -0.251. The third-order valence-corrected chi connectivity index (χ3v) is 4.71. The largest absolute Gasteiger partial charge is 0.422 e. The highest BCUT2D eigenvalue weighted by Gasteiger charge is 2.56. The third-order valence-electron chi connectivity index (χ3n) is 4.71. The van der Waals surface area contributed by atoms with Crippen molar-refractivity contribution in [1.82, 2.24) is 0 Å². The van der Waals surface area contributed by atoms with E-state index in [1.54, 1.807) is 13.8 Å². The lowest BCUT2D eigenvalue weighted by Gasteiger charge is -2.40. The summed E-state index contributed by atoms with van der Waals surface area (Å²) in [5.41, 5.74) is 2.67. The molecular weight excluding hydrogens is 328 g/mol. The van der Waals surface area contributed by atoms with Crippen LogP contribution in [0.15, 0.2) is 48.5 Å². The molecule has 2 aromatic carbocycles. The molecule has 4 heteroatoms. The number of ether oxygens (including phenoxy) is 2. The molecule has 1 aliphatic heterocycles. The van der Waals surface area contributed by atoms with E-state index in [2.05, 4.69) is 0 Å². The standard InChI is InChI=1S/C22H24O4/c1-15-5-9-17(10-6-15)13-22(14-18-11-7-16(2)8-12-18)19(23)25-21(3,4)26-20(22)24/h5-12H,13-14H2,1-4H3. The van der Waals surface area contributed by atoms with Crippen LogP contribution in [0.4, 0.5) is 0 Å². The molecule has 1 fully saturated rings. The Morgan fingerprint density at radius 3 is 1.38 bits per heavy atom. The van der Waals surface area contributed by atoms with Gasteiger partial charge in [0.1, 0.15) is 0 Å². The van der Waals surface area contributed by atoms with Crippen molar-refractivity contribution in [3.8, 4) is 0 Å². The third kappa shape index (κ3) is 3.64. The summed E-state index contributed by atoms with van der Waals surface area (Å²) in [7, 11) is 0. The van der Waals surface area contributed by atoms with Gasteiger partial charge in [-0.05, 0) is 37.8 Å². The summed E-state index contributed by atoms with van der Waals surface area (Å²) >= 11 is 0. The predicted molar refractivity (Wildman–Crippen MR) is 98.5 cm³/mol. The first kappa shape index (κ1) is 18.2. The summed E-state index contributed by atoms with van der Waals surface area (Å²) in [5.74, 6) is -2.29. The van der Waals surface area contributed by atoms with E-state index in [1.807, 2.05) is 62.4 Å². The van der Waals surface area contributed by atoms with Gasteiger partial charge in [0.05, 0.1) is 0 Å². The van der Waals surface area contributed by atoms with E-state index in [1.165, 1.54) is 0 Å². The molecule has 0 atom stereocenters. The number of aryl methyl sites for hydroxylation is 2. The monoisotopic (exact) mass is 352 g/mol. The highest BCUT2D eigenvalue weighted by Crippen LogP contribution is 2.38. The van der Waals surface area contributed by atoms with Gasteiger partial charge >= 0.3 is 11.9 Å². The number of rotatable bonds is 4. The first-order valence-corrected chi connectivity index (χ1v) is 8.78. The molecule has 0 unspecified atom stereocenters. The van der Waals surface area contributed by atoms with Gasteiger partial charge in [0.25, 0.3) is 5.79 Å². The number of carbonyl (C=O) groups excluding carboxylic acids is 2. The molecule has 136 valence electrons. The van der Waals surface area contributed by atoms with Crippen LogP contribution >= 0.6 is 0 Å². The molecule has 2 aromatic rings. The lowest BCUT2D eigenvalue weighted by atomic mass is 9.75. The number of carbonyl (C=O) groups is 2. The number of benzene rings is 2. The SMILES string of the molecule is Cc1ccc(CC2(Cc3ccc(C)cc3)C(=O)OC(C)(C)OC2=O)cc1. The molecule has 1 saturated heterocycles. The molecule has 4 nitrogen and oxygen atoms in total. The van der Waals surface area contributed by atoms with Gasteiger partial charge in [0.2, 0.25) is 0 Å². The Kier molecular flexibility index (Phi) is 4.61. The first-order valence-electron chi connectivity index (χ1n) is 8.78. The molecule has 0 radical (unpaired) electrons. The fourth-order valence-electron chi connectivity index (χ4n) is 3.21. The van der Waals surface area contributed by atoms with Gasteiger partial charge < -0.3 is 9.47 Å². The Morgan fingerprint density at radius 1 is 0.692 bits per heavy atom. The second-order valence-electron chi connectivity index (χ2n) is 7.59. The van der Waals surface area contributed by atoms with Crippen LogP contribution in [-0.2, 0) is 31.9 Å². The average Bonchev–Trinajstić information content (AvgIpc) is 2.56. The molecule has 0 amide bonds. The molecule has 26 heavy (non-hydrogen) atoms. The maximum absolute atomic E-state index is 13.0. The topological polar surface area (TPSA) is 52.6 Å². The minimum absolute atomic E-state index is 0.245. The van der Waals surface area contributed by atoms with Crippen LogP contribution in [0, 0.1) is 19.3 Å².